The van der Waals surface area contributed by atoms with Crippen molar-refractivity contribution in [1.29, 1.82) is 0 Å². The maximum Gasteiger partial charge on any atom is 0.182 e. The molecule has 0 saturated heterocycles. The van der Waals surface area contributed by atoms with Crippen molar-refractivity contribution in [2.75, 3.05) is 19.7 Å². The van der Waals surface area contributed by atoms with Gasteiger partial charge in [0.25, 0.3) is 0 Å². The van der Waals surface area contributed by atoms with Crippen LogP contribution in [0.2, 0.25) is 0 Å². The molecule has 2 rings (SSSR count). The van der Waals surface area contributed by atoms with E-state index in [4.69, 9.17) is 10.5 Å². The second kappa shape index (κ2) is 9.99. The molecule has 5 nitrogen and oxygen atoms in total. The third kappa shape index (κ3) is 6.70. The van der Waals surface area contributed by atoms with Crippen LogP contribution in [0.1, 0.15) is 38.7 Å². The summed E-state index contributed by atoms with van der Waals surface area (Å²) in [5.74, 6) is 0.349. The second-order valence-electron chi connectivity index (χ2n) is 6.64. The summed E-state index contributed by atoms with van der Waals surface area (Å²) in [6.07, 6.45) is 3.85. The topological polar surface area (TPSA) is 67.9 Å². The number of nitrogens with zero attached hydrogens (tertiary/aromatic N) is 2. The molecule has 1 aromatic rings. The highest BCUT2D eigenvalue weighted by Crippen LogP contribution is 2.12. The largest absolute Gasteiger partial charge is 0.488 e. The van der Waals surface area contributed by atoms with Crippen molar-refractivity contribution in [2.24, 2.45) is 10.7 Å². The van der Waals surface area contributed by atoms with Crippen LogP contribution < -0.4 is 5.73 Å². The number of ketones is 1. The normalized spacial score (nSPS) is 21.3. The third-order valence-corrected chi connectivity index (χ3v) is 4.10. The summed E-state index contributed by atoms with van der Waals surface area (Å²) in [7, 11) is 0. The van der Waals surface area contributed by atoms with E-state index >= 15 is 0 Å². The van der Waals surface area contributed by atoms with Gasteiger partial charge in [0, 0.05) is 25.6 Å². The molecular formula is C20H29N3O2. The standard InChI is InChI=1S/C20H29N3O2/c1-16(2)22-14-19-20(21)18(24)10-6-7-11-23(12-13-25-19)15-17-8-4-3-5-9-17/h3-5,8-9,14,16H,6-7,10-13,15,21H2,1-2H3/b20-19+,22-14?. The second-order valence-corrected chi connectivity index (χ2v) is 6.64. The Morgan fingerprint density at radius 2 is 2.00 bits per heavy atom. The molecule has 136 valence electrons. The quantitative estimate of drug-likeness (QED) is 0.854. The van der Waals surface area contributed by atoms with Gasteiger partial charge in [-0.1, -0.05) is 30.3 Å². The summed E-state index contributed by atoms with van der Waals surface area (Å²) in [6.45, 7) is 7.05. The Hall–Kier alpha value is -2.14. The number of carbonyl (C=O) groups is 1. The van der Waals surface area contributed by atoms with E-state index in [0.717, 1.165) is 32.5 Å². The number of rotatable bonds is 4. The fourth-order valence-corrected chi connectivity index (χ4v) is 2.69. The molecule has 0 bridgehead atoms. The van der Waals surface area contributed by atoms with E-state index in [-0.39, 0.29) is 17.5 Å². The lowest BCUT2D eigenvalue weighted by Gasteiger charge is -2.22. The predicted octanol–water partition coefficient (Wildman–Crippen LogP) is 2.91. The Morgan fingerprint density at radius 1 is 1.24 bits per heavy atom. The maximum atomic E-state index is 12.2. The zero-order chi connectivity index (χ0) is 18.1. The number of hydrogen-bond donors (Lipinski definition) is 1. The van der Waals surface area contributed by atoms with Gasteiger partial charge in [0.1, 0.15) is 12.3 Å². The summed E-state index contributed by atoms with van der Waals surface area (Å²) >= 11 is 0. The van der Waals surface area contributed by atoms with Crippen LogP contribution in [0.15, 0.2) is 46.8 Å². The van der Waals surface area contributed by atoms with E-state index in [2.05, 4.69) is 34.2 Å². The lowest BCUT2D eigenvalue weighted by molar-refractivity contribution is -0.115. The van der Waals surface area contributed by atoms with Gasteiger partial charge in [-0.2, -0.15) is 0 Å². The number of aliphatic imine (C=N–C) groups is 1. The van der Waals surface area contributed by atoms with Gasteiger partial charge in [-0.3, -0.25) is 14.7 Å². The minimum atomic E-state index is -0.0540. The number of benzene rings is 1. The minimum Gasteiger partial charge on any atom is -0.488 e. The monoisotopic (exact) mass is 343 g/mol. The van der Waals surface area contributed by atoms with Crippen LogP contribution in [-0.2, 0) is 16.1 Å². The molecule has 5 heteroatoms. The first-order chi connectivity index (χ1) is 12.1. The molecule has 0 fully saturated rings. The van der Waals surface area contributed by atoms with Gasteiger partial charge in [0.2, 0.25) is 0 Å². The minimum absolute atomic E-state index is 0.0540. The van der Waals surface area contributed by atoms with E-state index in [1.807, 2.05) is 19.9 Å². The van der Waals surface area contributed by atoms with Crippen LogP contribution in [-0.4, -0.2) is 42.6 Å². The van der Waals surface area contributed by atoms with Gasteiger partial charge in [0.15, 0.2) is 11.5 Å². The van der Waals surface area contributed by atoms with Crippen molar-refractivity contribution in [3.63, 3.8) is 0 Å². The summed E-state index contributed by atoms with van der Waals surface area (Å²) in [6, 6.07) is 10.5. The van der Waals surface area contributed by atoms with Crippen LogP contribution in [0, 0.1) is 0 Å². The van der Waals surface area contributed by atoms with Crippen LogP contribution in [0.3, 0.4) is 0 Å². The van der Waals surface area contributed by atoms with Gasteiger partial charge >= 0.3 is 0 Å². The van der Waals surface area contributed by atoms with Gasteiger partial charge in [-0.15, -0.1) is 0 Å². The highest BCUT2D eigenvalue weighted by atomic mass is 16.5. The lowest BCUT2D eigenvalue weighted by Crippen LogP contribution is -2.28. The number of carbonyl (C=O) groups excluding carboxylic acids is 1. The van der Waals surface area contributed by atoms with E-state index in [0.29, 0.717) is 18.8 Å². The molecule has 0 aliphatic carbocycles. The molecular weight excluding hydrogens is 314 g/mol. The molecule has 25 heavy (non-hydrogen) atoms. The van der Waals surface area contributed by atoms with Crippen LogP contribution in [0.5, 0.6) is 0 Å². The first kappa shape index (κ1) is 19.2. The molecule has 1 aromatic carbocycles. The third-order valence-electron chi connectivity index (χ3n) is 4.10. The smallest absolute Gasteiger partial charge is 0.182 e. The van der Waals surface area contributed by atoms with E-state index in [1.54, 1.807) is 6.21 Å². The van der Waals surface area contributed by atoms with Crippen molar-refractivity contribution in [3.05, 3.63) is 47.4 Å². The van der Waals surface area contributed by atoms with E-state index in [1.165, 1.54) is 5.56 Å². The van der Waals surface area contributed by atoms with Gasteiger partial charge in [0.05, 0.1) is 6.21 Å². The summed E-state index contributed by atoms with van der Waals surface area (Å²) in [5.41, 5.74) is 7.49. The number of nitrogens with two attached hydrogens (primary N) is 1. The first-order valence-electron chi connectivity index (χ1n) is 9.01. The fourth-order valence-electron chi connectivity index (χ4n) is 2.69. The molecule has 0 aromatic heterocycles. The molecule has 0 amide bonds. The lowest BCUT2D eigenvalue weighted by atomic mass is 10.1. The molecule has 2 N–H and O–H groups in total. The maximum absolute atomic E-state index is 12.2. The molecule has 1 aliphatic rings. The summed E-state index contributed by atoms with van der Waals surface area (Å²) < 4.78 is 5.82. The Morgan fingerprint density at radius 3 is 2.72 bits per heavy atom. The zero-order valence-corrected chi connectivity index (χ0v) is 15.3. The number of ether oxygens (including phenoxy) is 1. The molecule has 0 atom stereocenters. The molecule has 0 unspecified atom stereocenters. The number of allylic oxidation sites excluding steroid dienone is 2. The van der Waals surface area contributed by atoms with E-state index < -0.39 is 0 Å². The Bertz CT molecular complexity index is 609. The van der Waals surface area contributed by atoms with Crippen LogP contribution >= 0.6 is 0 Å². The van der Waals surface area contributed by atoms with Crippen LogP contribution in [0.4, 0.5) is 0 Å². The SMILES string of the molecule is CC(C)N=C/C1=C(\N)C(=O)CCCCN(Cc2ccccc2)CCO1. The average molecular weight is 343 g/mol. The Labute approximate surface area is 150 Å². The summed E-state index contributed by atoms with van der Waals surface area (Å²) in [5, 5.41) is 0. The first-order valence-corrected chi connectivity index (χ1v) is 9.01. The van der Waals surface area contributed by atoms with Gasteiger partial charge in [-0.05, 0) is 38.8 Å². The van der Waals surface area contributed by atoms with Crippen molar-refractivity contribution >= 4 is 12.0 Å². The van der Waals surface area contributed by atoms with Gasteiger partial charge < -0.3 is 10.5 Å². The average Bonchev–Trinajstić information content (AvgIpc) is 2.63. The highest BCUT2D eigenvalue weighted by Gasteiger charge is 2.15. The van der Waals surface area contributed by atoms with Crippen molar-refractivity contribution < 1.29 is 9.53 Å². The molecule has 1 aliphatic heterocycles. The Balaban J connectivity index is 2.06. The van der Waals surface area contributed by atoms with Crippen molar-refractivity contribution in [1.82, 2.24) is 4.90 Å². The number of Topliss-reactive ketones (excluding diaryl/α,β-unsaturated/α-hetero) is 1. The Kier molecular flexibility index (Phi) is 7.67. The molecule has 0 radical (unpaired) electrons. The van der Waals surface area contributed by atoms with Crippen LogP contribution in [0.25, 0.3) is 0 Å². The summed E-state index contributed by atoms with van der Waals surface area (Å²) in [4.78, 5) is 18.9. The molecule has 1 heterocycles. The van der Waals surface area contributed by atoms with Gasteiger partial charge in [-0.25, -0.2) is 0 Å². The van der Waals surface area contributed by atoms with Crippen molar-refractivity contribution in [3.8, 4) is 0 Å². The van der Waals surface area contributed by atoms with E-state index in [9.17, 15) is 4.79 Å². The molecule has 0 spiro atoms. The fraction of sp³-hybridized carbons (Fsp3) is 0.500. The molecule has 0 saturated carbocycles. The highest BCUT2D eigenvalue weighted by molar-refractivity contribution is 5.99. The predicted molar refractivity (Wildman–Crippen MR) is 101 cm³/mol. The van der Waals surface area contributed by atoms with Crippen molar-refractivity contribution in [2.45, 2.75) is 45.7 Å². The zero-order valence-electron chi connectivity index (χ0n) is 15.3. The number of hydrogen-bond acceptors (Lipinski definition) is 5.